The van der Waals surface area contributed by atoms with E-state index in [2.05, 4.69) is 25.7 Å². The van der Waals surface area contributed by atoms with Crippen molar-refractivity contribution < 1.29 is 36.6 Å². The summed E-state index contributed by atoms with van der Waals surface area (Å²) in [5, 5.41) is 8.41. The third kappa shape index (κ3) is 4.01. The van der Waals surface area contributed by atoms with Crippen molar-refractivity contribution in [2.75, 3.05) is 0 Å². The molecule has 0 atom stereocenters. The smallest absolute Gasteiger partial charge is 0.476 e. The van der Waals surface area contributed by atoms with Crippen LogP contribution < -0.4 is 4.74 Å². The number of hydrogen-bond acceptors (Lipinski definition) is 3. The average molecular weight is 350 g/mol. The van der Waals surface area contributed by atoms with Gasteiger partial charge in [-0.15, -0.1) is 13.2 Å². The van der Waals surface area contributed by atoms with Crippen LogP contribution in [0.25, 0.3) is 0 Å². The predicted molar refractivity (Wildman–Crippen MR) is 55.5 cm³/mol. The van der Waals surface area contributed by atoms with Crippen molar-refractivity contribution in [1.82, 2.24) is 4.98 Å². The Balaban J connectivity index is 3.44. The lowest BCUT2D eigenvalue weighted by atomic mass is 10.1. The highest BCUT2D eigenvalue weighted by atomic mass is 79.9. The van der Waals surface area contributed by atoms with Gasteiger partial charge in [-0.05, 0) is 0 Å². The van der Waals surface area contributed by atoms with Crippen LogP contribution >= 0.6 is 15.9 Å². The number of alkyl halides is 6. The summed E-state index contributed by atoms with van der Waals surface area (Å²) in [4.78, 5) is 13.9. The lowest BCUT2D eigenvalue weighted by Crippen LogP contribution is -2.20. The van der Waals surface area contributed by atoms with E-state index in [4.69, 9.17) is 5.11 Å². The Bertz CT molecular complexity index is 491. The molecule has 0 unspecified atom stereocenters. The normalized spacial score (nSPS) is 11.7. The molecule has 0 aliphatic carbocycles. The van der Waals surface area contributed by atoms with Gasteiger partial charge < -0.3 is 9.84 Å². The third-order valence-corrected chi connectivity index (χ3v) is 2.45. The highest BCUT2D eigenvalue weighted by Gasteiger charge is 2.34. The summed E-state index contributed by atoms with van der Waals surface area (Å²) in [6.07, 6.45) is -8.36. The molecule has 0 saturated heterocycles. The molecule has 1 heterocycles. The summed E-state index contributed by atoms with van der Waals surface area (Å²) >= 11 is 2.76. The molecule has 19 heavy (non-hydrogen) atoms. The number of aromatic carboxylic acids is 1. The molecule has 1 N–H and O–H groups in total. The number of carbonyl (C=O) groups is 1. The number of hydrogen-bond donors (Lipinski definition) is 1. The van der Waals surface area contributed by atoms with Crippen LogP contribution in [0.1, 0.15) is 28.2 Å². The second kappa shape index (κ2) is 5.68. The summed E-state index contributed by atoms with van der Waals surface area (Å²) < 4.78 is 64.8. The Labute approximate surface area is 111 Å². The van der Waals surface area contributed by atoms with E-state index in [9.17, 15) is 26.7 Å². The Kier molecular flexibility index (Phi) is 4.66. The van der Waals surface area contributed by atoms with E-state index in [1.54, 1.807) is 0 Å². The van der Waals surface area contributed by atoms with Gasteiger partial charge in [0.25, 0.3) is 6.43 Å². The van der Waals surface area contributed by atoms with Crippen LogP contribution in [-0.2, 0) is 5.33 Å². The fraction of sp³-hybridized carbons (Fsp3) is 0.333. The van der Waals surface area contributed by atoms with Gasteiger partial charge in [0, 0.05) is 17.0 Å². The standard InChI is InChI=1S/C9H5BrF5NO3/c10-2-3-5(19-9(13,14)15)1-4(7(11)12)16-6(3)8(17)18/h1,7H,2H2,(H,17,18). The molecule has 0 saturated carbocycles. The second-order valence-corrected chi connectivity index (χ2v) is 3.72. The zero-order valence-electron chi connectivity index (χ0n) is 8.84. The maximum Gasteiger partial charge on any atom is 0.573 e. The SMILES string of the molecule is O=C(O)c1nc(C(F)F)cc(OC(F)(F)F)c1CBr. The molecule has 4 nitrogen and oxygen atoms in total. The molecule has 0 fully saturated rings. The molecule has 0 radical (unpaired) electrons. The highest BCUT2D eigenvalue weighted by Crippen LogP contribution is 2.32. The van der Waals surface area contributed by atoms with Crippen LogP contribution in [-0.4, -0.2) is 22.4 Å². The fourth-order valence-corrected chi connectivity index (χ4v) is 1.74. The lowest BCUT2D eigenvalue weighted by Gasteiger charge is -2.15. The Morgan fingerprint density at radius 1 is 1.47 bits per heavy atom. The zero-order chi connectivity index (χ0) is 14.8. The van der Waals surface area contributed by atoms with Gasteiger partial charge in [0.15, 0.2) is 5.69 Å². The van der Waals surface area contributed by atoms with E-state index in [0.29, 0.717) is 6.07 Å². The first-order valence-corrected chi connectivity index (χ1v) is 5.64. The lowest BCUT2D eigenvalue weighted by molar-refractivity contribution is -0.274. The van der Waals surface area contributed by atoms with Gasteiger partial charge in [0.05, 0.1) is 0 Å². The summed E-state index contributed by atoms with van der Waals surface area (Å²) in [5.74, 6) is -2.75. The highest BCUT2D eigenvalue weighted by molar-refractivity contribution is 9.08. The molecule has 1 aromatic rings. The van der Waals surface area contributed by atoms with E-state index < -0.39 is 41.5 Å². The molecule has 106 valence electrons. The minimum atomic E-state index is -5.13. The van der Waals surface area contributed by atoms with Gasteiger partial charge in [-0.3, -0.25) is 0 Å². The minimum Gasteiger partial charge on any atom is -0.476 e. The van der Waals surface area contributed by atoms with E-state index >= 15 is 0 Å². The van der Waals surface area contributed by atoms with Crippen LogP contribution in [0.15, 0.2) is 6.07 Å². The largest absolute Gasteiger partial charge is 0.573 e. The molecular formula is C9H5BrF5NO3. The molecule has 0 aliphatic rings. The Hall–Kier alpha value is -1.45. The molecule has 0 bridgehead atoms. The van der Waals surface area contributed by atoms with Crippen molar-refractivity contribution in [3.63, 3.8) is 0 Å². The monoisotopic (exact) mass is 349 g/mol. The first kappa shape index (κ1) is 15.6. The molecule has 0 spiro atoms. The van der Waals surface area contributed by atoms with E-state index in [1.807, 2.05) is 0 Å². The molecule has 0 aromatic carbocycles. The summed E-state index contributed by atoms with van der Waals surface area (Å²) in [5.41, 5.74) is -2.51. The number of nitrogens with zero attached hydrogens (tertiary/aromatic N) is 1. The maximum absolute atomic E-state index is 12.5. The van der Waals surface area contributed by atoms with Gasteiger partial charge >= 0.3 is 12.3 Å². The number of ether oxygens (including phenoxy) is 1. The van der Waals surface area contributed by atoms with Gasteiger partial charge in [-0.25, -0.2) is 18.6 Å². The molecule has 0 aliphatic heterocycles. The number of carboxylic acids is 1. The van der Waals surface area contributed by atoms with Crippen LogP contribution in [0.4, 0.5) is 22.0 Å². The molecule has 1 aromatic heterocycles. The van der Waals surface area contributed by atoms with Crippen molar-refractivity contribution in [2.45, 2.75) is 18.1 Å². The number of aromatic nitrogens is 1. The quantitative estimate of drug-likeness (QED) is 0.667. The van der Waals surface area contributed by atoms with Crippen LogP contribution in [0.3, 0.4) is 0 Å². The Morgan fingerprint density at radius 3 is 2.42 bits per heavy atom. The van der Waals surface area contributed by atoms with E-state index in [0.717, 1.165) is 0 Å². The summed E-state index contributed by atoms with van der Waals surface area (Å²) in [7, 11) is 0. The number of pyridine rings is 1. The third-order valence-electron chi connectivity index (χ3n) is 1.89. The van der Waals surface area contributed by atoms with Gasteiger partial charge in [-0.1, -0.05) is 15.9 Å². The Morgan fingerprint density at radius 2 is 2.05 bits per heavy atom. The molecule has 1 rings (SSSR count). The maximum atomic E-state index is 12.5. The van der Waals surface area contributed by atoms with Gasteiger partial charge in [0.1, 0.15) is 11.4 Å². The van der Waals surface area contributed by atoms with E-state index in [-0.39, 0.29) is 5.33 Å². The second-order valence-electron chi connectivity index (χ2n) is 3.16. The zero-order valence-corrected chi connectivity index (χ0v) is 10.4. The van der Waals surface area contributed by atoms with Crippen molar-refractivity contribution in [3.8, 4) is 5.75 Å². The minimum absolute atomic E-state index is 0.351. The van der Waals surface area contributed by atoms with Crippen molar-refractivity contribution >= 4 is 21.9 Å². The fourth-order valence-electron chi connectivity index (χ4n) is 1.20. The summed E-state index contributed by atoms with van der Waals surface area (Å²) in [6, 6.07) is 0.362. The molecular weight excluding hydrogens is 345 g/mol. The molecule has 0 amide bonds. The topological polar surface area (TPSA) is 59.4 Å². The van der Waals surface area contributed by atoms with Crippen LogP contribution in [0, 0.1) is 0 Å². The van der Waals surface area contributed by atoms with E-state index in [1.165, 1.54) is 0 Å². The van der Waals surface area contributed by atoms with Crippen LogP contribution in [0.5, 0.6) is 5.75 Å². The number of rotatable bonds is 4. The first-order chi connectivity index (χ1) is 8.65. The van der Waals surface area contributed by atoms with Crippen molar-refractivity contribution in [1.29, 1.82) is 0 Å². The van der Waals surface area contributed by atoms with Gasteiger partial charge in [-0.2, -0.15) is 0 Å². The number of carboxylic acid groups (broad SMARTS) is 1. The summed E-state index contributed by atoms with van der Waals surface area (Å²) in [6.45, 7) is 0. The average Bonchev–Trinajstić information content (AvgIpc) is 2.25. The van der Waals surface area contributed by atoms with Crippen molar-refractivity contribution in [3.05, 3.63) is 23.0 Å². The predicted octanol–water partition coefficient (Wildman–Crippen LogP) is 3.51. The van der Waals surface area contributed by atoms with Gasteiger partial charge in [0.2, 0.25) is 0 Å². The first-order valence-electron chi connectivity index (χ1n) is 4.52. The number of halogens is 6. The van der Waals surface area contributed by atoms with Crippen LogP contribution in [0.2, 0.25) is 0 Å². The molecule has 10 heteroatoms. The van der Waals surface area contributed by atoms with Crippen molar-refractivity contribution in [2.24, 2.45) is 0 Å².